The topological polar surface area (TPSA) is 3.24 Å². The van der Waals surface area contributed by atoms with Crippen LogP contribution in [0.4, 0.5) is 0 Å². The Balaban J connectivity index is 2.47. The average Bonchev–Trinajstić information content (AvgIpc) is 2.77. The number of nitrogens with zero attached hydrogens (tertiary/aromatic N) is 1. The fourth-order valence-electron chi connectivity index (χ4n) is 2.84. The normalized spacial score (nSPS) is 21.6. The van der Waals surface area contributed by atoms with Gasteiger partial charge in [-0.2, -0.15) is 12.6 Å². The quantitative estimate of drug-likeness (QED) is 0.665. The average molecular weight is 243 g/mol. The van der Waals surface area contributed by atoms with Crippen molar-refractivity contribution in [3.63, 3.8) is 0 Å². The van der Waals surface area contributed by atoms with Gasteiger partial charge in [0.25, 0.3) is 0 Å². The van der Waals surface area contributed by atoms with Crippen molar-refractivity contribution in [2.75, 3.05) is 25.4 Å². The first-order valence-corrected chi connectivity index (χ1v) is 7.62. The van der Waals surface area contributed by atoms with E-state index in [1.807, 2.05) is 0 Å². The van der Waals surface area contributed by atoms with Crippen LogP contribution in [-0.2, 0) is 0 Å². The molecule has 0 amide bonds. The molecule has 0 aliphatic heterocycles. The van der Waals surface area contributed by atoms with Crippen molar-refractivity contribution >= 4 is 12.6 Å². The highest BCUT2D eigenvalue weighted by atomic mass is 32.1. The van der Waals surface area contributed by atoms with E-state index in [4.69, 9.17) is 0 Å². The van der Waals surface area contributed by atoms with Crippen molar-refractivity contribution in [2.24, 2.45) is 11.3 Å². The highest BCUT2D eigenvalue weighted by Gasteiger charge is 2.33. The fourth-order valence-corrected chi connectivity index (χ4v) is 3.26. The zero-order chi connectivity index (χ0) is 12.0. The first-order chi connectivity index (χ1) is 7.65. The first kappa shape index (κ1) is 14.4. The van der Waals surface area contributed by atoms with Gasteiger partial charge in [-0.15, -0.1) is 0 Å². The van der Waals surface area contributed by atoms with E-state index in [1.54, 1.807) is 0 Å². The lowest BCUT2D eigenvalue weighted by atomic mass is 9.87. The third-order valence-corrected chi connectivity index (χ3v) is 4.94. The molecule has 1 nitrogen and oxygen atoms in total. The number of rotatable bonds is 7. The number of hydrogen-bond donors (Lipinski definition) is 1. The Morgan fingerprint density at radius 2 is 1.88 bits per heavy atom. The predicted molar refractivity (Wildman–Crippen MR) is 76.3 cm³/mol. The van der Waals surface area contributed by atoms with Gasteiger partial charge in [0.05, 0.1) is 0 Å². The van der Waals surface area contributed by atoms with E-state index < -0.39 is 0 Å². The summed E-state index contributed by atoms with van der Waals surface area (Å²) in [6.07, 6.45) is 6.92. The molecule has 1 unspecified atom stereocenters. The summed E-state index contributed by atoms with van der Waals surface area (Å²) in [5, 5.41) is 0. The molecule has 0 saturated heterocycles. The minimum Gasteiger partial charge on any atom is -0.303 e. The van der Waals surface area contributed by atoms with Crippen LogP contribution < -0.4 is 0 Å². The summed E-state index contributed by atoms with van der Waals surface area (Å²) < 4.78 is 0. The Morgan fingerprint density at radius 1 is 1.25 bits per heavy atom. The van der Waals surface area contributed by atoms with Crippen LogP contribution in [0.5, 0.6) is 0 Å². The van der Waals surface area contributed by atoms with Crippen LogP contribution in [-0.4, -0.2) is 30.3 Å². The van der Waals surface area contributed by atoms with E-state index in [9.17, 15) is 0 Å². The van der Waals surface area contributed by atoms with Gasteiger partial charge in [0.1, 0.15) is 0 Å². The van der Waals surface area contributed by atoms with E-state index >= 15 is 0 Å². The molecule has 1 saturated carbocycles. The van der Waals surface area contributed by atoms with Crippen molar-refractivity contribution in [2.45, 2.75) is 52.9 Å². The Kier molecular flexibility index (Phi) is 6.20. The molecule has 96 valence electrons. The summed E-state index contributed by atoms with van der Waals surface area (Å²) in [6, 6.07) is 0. The molecule has 0 aromatic heterocycles. The van der Waals surface area contributed by atoms with Crippen molar-refractivity contribution in [1.29, 1.82) is 0 Å². The Hall–Kier alpha value is 0.310. The summed E-state index contributed by atoms with van der Waals surface area (Å²) in [5.74, 6) is 1.91. The van der Waals surface area contributed by atoms with Crippen molar-refractivity contribution in [3.05, 3.63) is 0 Å². The predicted octanol–water partition coefficient (Wildman–Crippen LogP) is 3.84. The van der Waals surface area contributed by atoms with Gasteiger partial charge in [0.15, 0.2) is 0 Å². The molecule has 1 fully saturated rings. The van der Waals surface area contributed by atoms with Gasteiger partial charge in [-0.05, 0) is 36.5 Å². The van der Waals surface area contributed by atoms with Gasteiger partial charge < -0.3 is 4.90 Å². The molecule has 16 heavy (non-hydrogen) atoms. The number of thiol groups is 1. The molecule has 0 heterocycles. The molecule has 0 N–H and O–H groups in total. The van der Waals surface area contributed by atoms with E-state index in [-0.39, 0.29) is 0 Å². The van der Waals surface area contributed by atoms with Crippen molar-refractivity contribution in [1.82, 2.24) is 4.90 Å². The smallest absolute Gasteiger partial charge is 0.00458 e. The van der Waals surface area contributed by atoms with E-state index in [0.717, 1.165) is 11.7 Å². The van der Waals surface area contributed by atoms with Gasteiger partial charge >= 0.3 is 0 Å². The maximum absolute atomic E-state index is 4.60. The third kappa shape index (κ3) is 3.96. The SMILES string of the molecule is CCC(C)CN(CC)CC1(CS)CCCC1. The minimum absolute atomic E-state index is 0.534. The summed E-state index contributed by atoms with van der Waals surface area (Å²) in [5.41, 5.74) is 0.534. The Morgan fingerprint density at radius 3 is 2.31 bits per heavy atom. The molecule has 0 bridgehead atoms. The van der Waals surface area contributed by atoms with Crippen LogP contribution in [0.2, 0.25) is 0 Å². The second-order valence-corrected chi connectivity index (χ2v) is 6.02. The summed E-state index contributed by atoms with van der Waals surface area (Å²) >= 11 is 4.60. The van der Waals surface area contributed by atoms with Gasteiger partial charge in [-0.25, -0.2) is 0 Å². The highest BCUT2D eigenvalue weighted by molar-refractivity contribution is 7.80. The van der Waals surface area contributed by atoms with Crippen molar-refractivity contribution < 1.29 is 0 Å². The Labute approximate surface area is 107 Å². The summed E-state index contributed by atoms with van der Waals surface area (Å²) in [4.78, 5) is 2.65. The lowest BCUT2D eigenvalue weighted by Gasteiger charge is -2.35. The second-order valence-electron chi connectivity index (χ2n) is 5.71. The molecular formula is C14H29NS. The van der Waals surface area contributed by atoms with Crippen molar-refractivity contribution in [3.8, 4) is 0 Å². The maximum atomic E-state index is 4.60. The zero-order valence-corrected chi connectivity index (χ0v) is 12.2. The molecule has 0 aromatic carbocycles. The van der Waals surface area contributed by atoms with Crippen LogP contribution in [0, 0.1) is 11.3 Å². The zero-order valence-electron chi connectivity index (χ0n) is 11.3. The fraction of sp³-hybridized carbons (Fsp3) is 1.00. The lowest BCUT2D eigenvalue weighted by molar-refractivity contribution is 0.159. The minimum atomic E-state index is 0.534. The lowest BCUT2D eigenvalue weighted by Crippen LogP contribution is -2.39. The molecule has 0 radical (unpaired) electrons. The standard InChI is InChI=1S/C14H29NS/c1-4-13(3)10-15(5-2)11-14(12-16)8-6-7-9-14/h13,16H,4-12H2,1-3H3. The van der Waals surface area contributed by atoms with E-state index in [2.05, 4.69) is 38.3 Å². The molecule has 1 rings (SSSR count). The van der Waals surface area contributed by atoms with Crippen LogP contribution in [0.3, 0.4) is 0 Å². The molecule has 1 aliphatic rings. The van der Waals surface area contributed by atoms with E-state index in [1.165, 1.54) is 51.7 Å². The first-order valence-electron chi connectivity index (χ1n) is 6.99. The van der Waals surface area contributed by atoms with E-state index in [0.29, 0.717) is 5.41 Å². The maximum Gasteiger partial charge on any atom is 0.00458 e. The summed E-state index contributed by atoms with van der Waals surface area (Å²) in [7, 11) is 0. The largest absolute Gasteiger partial charge is 0.303 e. The number of hydrogen-bond acceptors (Lipinski definition) is 2. The van der Waals surface area contributed by atoms with Crippen LogP contribution in [0.1, 0.15) is 52.9 Å². The van der Waals surface area contributed by atoms with Gasteiger partial charge in [0, 0.05) is 13.1 Å². The molecule has 1 aliphatic carbocycles. The summed E-state index contributed by atoms with van der Waals surface area (Å²) in [6.45, 7) is 10.7. The molecular weight excluding hydrogens is 214 g/mol. The Bertz CT molecular complexity index is 187. The monoisotopic (exact) mass is 243 g/mol. The van der Waals surface area contributed by atoms with Crippen LogP contribution in [0.25, 0.3) is 0 Å². The highest BCUT2D eigenvalue weighted by Crippen LogP contribution is 2.39. The van der Waals surface area contributed by atoms with Gasteiger partial charge in [-0.3, -0.25) is 0 Å². The third-order valence-electron chi connectivity index (χ3n) is 4.27. The van der Waals surface area contributed by atoms with Gasteiger partial charge in [0.2, 0.25) is 0 Å². The second kappa shape index (κ2) is 6.90. The molecule has 1 atom stereocenters. The van der Waals surface area contributed by atoms with Crippen LogP contribution >= 0.6 is 12.6 Å². The molecule has 0 spiro atoms. The van der Waals surface area contributed by atoms with Crippen LogP contribution in [0.15, 0.2) is 0 Å². The molecule has 0 aromatic rings. The molecule has 2 heteroatoms. The van der Waals surface area contributed by atoms with Gasteiger partial charge in [-0.1, -0.05) is 40.0 Å².